The number of sulfonamides is 1. The molecule has 0 spiro atoms. The molecule has 2 amide bonds. The van der Waals surface area contributed by atoms with Crippen LogP contribution in [0.5, 0.6) is 0 Å². The Morgan fingerprint density at radius 1 is 0.941 bits per heavy atom. The highest BCUT2D eigenvalue weighted by atomic mass is 35.5. The lowest BCUT2D eigenvalue weighted by molar-refractivity contribution is -0.124. The fraction of sp³-hybridized carbons (Fsp3) is 0.417. The molecule has 1 N–H and O–H groups in total. The van der Waals surface area contributed by atoms with Gasteiger partial charge in [0, 0.05) is 5.02 Å². The van der Waals surface area contributed by atoms with Crippen molar-refractivity contribution in [1.82, 2.24) is 4.72 Å². The Kier molecular flexibility index (Phi) is 9.32. The molecule has 0 atom stereocenters. The molecule has 0 aliphatic heterocycles. The number of para-hydroxylation sites is 1. The number of halogens is 1. The molecule has 2 aromatic carbocycles. The van der Waals surface area contributed by atoms with Gasteiger partial charge in [0.2, 0.25) is 10.0 Å². The van der Waals surface area contributed by atoms with Crippen molar-refractivity contribution in [3.8, 4) is 0 Å². The summed E-state index contributed by atoms with van der Waals surface area (Å²) in [5.74, 6) is -0.142. The summed E-state index contributed by atoms with van der Waals surface area (Å²) in [7, 11) is -3.57. The van der Waals surface area contributed by atoms with Crippen LogP contribution in [0, 0.1) is 11.8 Å². The second kappa shape index (κ2) is 12.2. The zero-order valence-electron chi connectivity index (χ0n) is 19.0. The maximum Gasteiger partial charge on any atom is 0.418 e. The number of amides is 2. The van der Waals surface area contributed by atoms with Gasteiger partial charge in [-0.2, -0.15) is 0 Å². The number of nitrogens with zero attached hydrogens (tertiary/aromatic N) is 1. The van der Waals surface area contributed by atoms with Crippen LogP contribution in [0.2, 0.25) is 5.02 Å². The van der Waals surface area contributed by atoms with E-state index in [1.807, 2.05) is 35.1 Å². The van der Waals surface area contributed by atoms with Crippen LogP contribution in [0.15, 0.2) is 54.6 Å². The Balaban J connectivity index is 1.46. The summed E-state index contributed by atoms with van der Waals surface area (Å²) in [6, 6.07) is 16.3. The van der Waals surface area contributed by atoms with E-state index in [2.05, 4.69) is 0 Å². The molecular weight excluding hydrogens is 480 g/mol. The molecule has 0 heterocycles. The number of carbonyl (C=O) groups excluding carboxylic acids is 2. The normalized spacial score (nSPS) is 18.2. The van der Waals surface area contributed by atoms with Gasteiger partial charge in [-0.15, -0.1) is 0 Å². The second-order valence-electron chi connectivity index (χ2n) is 8.42. The van der Waals surface area contributed by atoms with Crippen LogP contribution < -0.4 is 9.62 Å². The van der Waals surface area contributed by atoms with Crippen molar-refractivity contribution in [3.05, 3.63) is 59.6 Å². The van der Waals surface area contributed by atoms with E-state index >= 15 is 0 Å². The van der Waals surface area contributed by atoms with Crippen molar-refractivity contribution >= 4 is 45.0 Å². The van der Waals surface area contributed by atoms with Crippen LogP contribution in [0.1, 0.15) is 25.7 Å². The lowest BCUT2D eigenvalue weighted by Gasteiger charge is -2.29. The van der Waals surface area contributed by atoms with Crippen molar-refractivity contribution in [2.75, 3.05) is 31.0 Å². The largest absolute Gasteiger partial charge is 0.449 e. The maximum atomic E-state index is 13.0. The SMILES string of the molecule is CS(=O)(=O)NC(=O)COCC1CCC(COC(=O)N(c2ccccc2)c2ccc(Cl)cc2)CC1. The van der Waals surface area contributed by atoms with Crippen LogP contribution in [0.3, 0.4) is 0 Å². The highest BCUT2D eigenvalue weighted by Crippen LogP contribution is 2.31. The molecule has 8 nitrogen and oxygen atoms in total. The minimum absolute atomic E-state index is 0.247. The number of rotatable bonds is 9. The molecular formula is C24H29ClN2O6S. The van der Waals surface area contributed by atoms with Gasteiger partial charge in [-0.05, 0) is 73.9 Å². The number of hydrogen-bond donors (Lipinski definition) is 1. The zero-order chi connectivity index (χ0) is 24.6. The highest BCUT2D eigenvalue weighted by Gasteiger charge is 2.25. The van der Waals surface area contributed by atoms with Crippen LogP contribution in [-0.4, -0.2) is 46.5 Å². The lowest BCUT2D eigenvalue weighted by Crippen LogP contribution is -2.33. The van der Waals surface area contributed by atoms with Crippen molar-refractivity contribution in [3.63, 3.8) is 0 Å². The number of anilines is 2. The first-order chi connectivity index (χ1) is 16.2. The van der Waals surface area contributed by atoms with Crippen LogP contribution >= 0.6 is 11.6 Å². The summed E-state index contributed by atoms with van der Waals surface area (Å²) in [6.45, 7) is 0.423. The molecule has 1 aliphatic carbocycles. The van der Waals surface area contributed by atoms with Gasteiger partial charge in [0.05, 0.1) is 30.8 Å². The molecule has 184 valence electrons. The Morgan fingerprint density at radius 3 is 2.09 bits per heavy atom. The van der Waals surface area contributed by atoms with E-state index < -0.39 is 22.0 Å². The van der Waals surface area contributed by atoms with Gasteiger partial charge in [0.1, 0.15) is 6.61 Å². The van der Waals surface area contributed by atoms with Gasteiger partial charge in [0.25, 0.3) is 5.91 Å². The molecule has 34 heavy (non-hydrogen) atoms. The first-order valence-electron chi connectivity index (χ1n) is 11.1. The Bertz CT molecular complexity index is 1050. The third kappa shape index (κ3) is 8.30. The number of benzene rings is 2. The molecule has 3 rings (SSSR count). The van der Waals surface area contributed by atoms with Crippen molar-refractivity contribution in [1.29, 1.82) is 0 Å². The summed E-state index contributed by atoms with van der Waals surface area (Å²) in [5, 5.41) is 0.585. The monoisotopic (exact) mass is 508 g/mol. The van der Waals surface area contributed by atoms with Crippen molar-refractivity contribution < 1.29 is 27.5 Å². The predicted octanol–water partition coefficient (Wildman–Crippen LogP) is 4.51. The molecule has 0 bridgehead atoms. The standard InChI is InChI=1S/C24H29ClN2O6S/c1-34(30,31)26-23(28)17-32-15-18-7-9-19(10-8-18)16-33-24(29)27(21-5-3-2-4-6-21)22-13-11-20(25)12-14-22/h2-6,11-14,18-19H,7-10,15-17H2,1H3,(H,26,28). The van der Waals surface area contributed by atoms with E-state index in [-0.39, 0.29) is 18.4 Å². The molecule has 1 saturated carbocycles. The topological polar surface area (TPSA) is 102 Å². The van der Waals surface area contributed by atoms with Gasteiger partial charge in [-0.25, -0.2) is 18.1 Å². The minimum Gasteiger partial charge on any atom is -0.449 e. The van der Waals surface area contributed by atoms with E-state index in [1.165, 1.54) is 4.90 Å². The first-order valence-corrected chi connectivity index (χ1v) is 13.3. The van der Waals surface area contributed by atoms with Crippen molar-refractivity contribution in [2.24, 2.45) is 11.8 Å². The molecule has 1 aliphatic rings. The van der Waals surface area contributed by atoms with E-state index in [4.69, 9.17) is 21.1 Å². The lowest BCUT2D eigenvalue weighted by atomic mass is 9.83. The number of hydrogen-bond acceptors (Lipinski definition) is 6. The Labute approximate surface area is 205 Å². The fourth-order valence-electron chi connectivity index (χ4n) is 3.90. The van der Waals surface area contributed by atoms with Crippen LogP contribution in [0.4, 0.5) is 16.2 Å². The summed E-state index contributed by atoms with van der Waals surface area (Å²) >= 11 is 6.00. The zero-order valence-corrected chi connectivity index (χ0v) is 20.6. The van der Waals surface area contributed by atoms with E-state index in [0.717, 1.165) is 31.9 Å². The average molecular weight is 509 g/mol. The van der Waals surface area contributed by atoms with Crippen LogP contribution in [0.25, 0.3) is 0 Å². The smallest absolute Gasteiger partial charge is 0.418 e. The molecule has 10 heteroatoms. The van der Waals surface area contributed by atoms with Gasteiger partial charge < -0.3 is 9.47 Å². The molecule has 0 unspecified atom stereocenters. The first kappa shape index (κ1) is 26.0. The van der Waals surface area contributed by atoms with Crippen LogP contribution in [-0.2, 0) is 24.3 Å². The summed E-state index contributed by atoms with van der Waals surface area (Å²) in [4.78, 5) is 26.0. The van der Waals surface area contributed by atoms with E-state index in [1.54, 1.807) is 24.3 Å². The molecule has 0 radical (unpaired) electrons. The number of ether oxygens (including phenoxy) is 2. The average Bonchev–Trinajstić information content (AvgIpc) is 2.79. The maximum absolute atomic E-state index is 13.0. The van der Waals surface area contributed by atoms with Gasteiger partial charge >= 0.3 is 6.09 Å². The fourth-order valence-corrected chi connectivity index (χ4v) is 4.50. The summed E-state index contributed by atoms with van der Waals surface area (Å²) in [6.07, 6.45) is 4.00. The summed E-state index contributed by atoms with van der Waals surface area (Å²) < 4.78 is 35.0. The molecule has 1 fully saturated rings. The van der Waals surface area contributed by atoms with Crippen molar-refractivity contribution in [2.45, 2.75) is 25.7 Å². The van der Waals surface area contributed by atoms with E-state index in [0.29, 0.717) is 29.6 Å². The van der Waals surface area contributed by atoms with Gasteiger partial charge in [-0.1, -0.05) is 29.8 Å². The predicted molar refractivity (Wildman–Crippen MR) is 131 cm³/mol. The third-order valence-electron chi connectivity index (χ3n) is 5.58. The van der Waals surface area contributed by atoms with Gasteiger partial charge in [-0.3, -0.25) is 9.52 Å². The molecule has 0 aromatic heterocycles. The Hall–Kier alpha value is -2.62. The second-order valence-corrected chi connectivity index (χ2v) is 10.6. The third-order valence-corrected chi connectivity index (χ3v) is 6.43. The Morgan fingerprint density at radius 2 is 1.50 bits per heavy atom. The van der Waals surface area contributed by atoms with E-state index in [9.17, 15) is 18.0 Å². The number of carbonyl (C=O) groups is 2. The minimum atomic E-state index is -3.57. The number of nitrogens with one attached hydrogen (secondary N) is 1. The molecule has 0 saturated heterocycles. The van der Waals surface area contributed by atoms with Gasteiger partial charge in [0.15, 0.2) is 0 Å². The quantitative estimate of drug-likeness (QED) is 0.534. The molecule has 2 aromatic rings. The summed E-state index contributed by atoms with van der Waals surface area (Å²) in [5.41, 5.74) is 1.37. The highest BCUT2D eigenvalue weighted by molar-refractivity contribution is 7.89.